The predicted octanol–water partition coefficient (Wildman–Crippen LogP) is 2.23. The molecule has 0 saturated carbocycles. The fourth-order valence-corrected chi connectivity index (χ4v) is 2.98. The van der Waals surface area contributed by atoms with Crippen molar-refractivity contribution in [2.75, 3.05) is 39.8 Å². The molecule has 2 N–H and O–H groups in total. The second kappa shape index (κ2) is 13.7. The zero-order valence-electron chi connectivity index (χ0n) is 15.6. The summed E-state index contributed by atoms with van der Waals surface area (Å²) in [4.78, 5) is 18.5. The summed E-state index contributed by atoms with van der Waals surface area (Å²) in [5, 5.41) is 6.60. The Hall–Kier alpha value is -0.570. The van der Waals surface area contributed by atoms with E-state index in [0.29, 0.717) is 6.54 Å². The van der Waals surface area contributed by atoms with Gasteiger partial charge in [-0.15, -0.1) is 24.0 Å². The first-order valence-electron chi connectivity index (χ1n) is 8.96. The van der Waals surface area contributed by atoms with Crippen LogP contribution < -0.4 is 10.6 Å². The molecule has 0 radical (unpaired) electrons. The maximum absolute atomic E-state index is 11.4. The van der Waals surface area contributed by atoms with Crippen molar-refractivity contribution in [2.45, 2.75) is 52.5 Å². The number of likely N-dealkylation sites (tertiary alicyclic amines) is 1. The lowest BCUT2D eigenvalue weighted by Crippen LogP contribution is -2.46. The monoisotopic (exact) mass is 454 g/mol. The van der Waals surface area contributed by atoms with E-state index in [0.717, 1.165) is 31.6 Å². The zero-order valence-corrected chi connectivity index (χ0v) is 18.0. The van der Waals surface area contributed by atoms with E-state index >= 15 is 0 Å². The lowest BCUT2D eigenvalue weighted by atomic mass is 10.0. The van der Waals surface area contributed by atoms with E-state index in [1.165, 1.54) is 39.3 Å². The Morgan fingerprint density at radius 2 is 2.08 bits per heavy atom. The Bertz CT molecular complexity index is 380. The molecule has 0 aromatic rings. The molecule has 6 nitrogen and oxygen atoms in total. The molecule has 1 fully saturated rings. The summed E-state index contributed by atoms with van der Waals surface area (Å²) >= 11 is 0. The molecule has 0 bridgehead atoms. The highest BCUT2D eigenvalue weighted by Crippen LogP contribution is 2.18. The molecule has 1 aliphatic rings. The molecule has 2 unspecified atom stereocenters. The van der Waals surface area contributed by atoms with Crippen LogP contribution in [0.3, 0.4) is 0 Å². The average Bonchev–Trinajstić information content (AvgIpc) is 2.58. The van der Waals surface area contributed by atoms with Gasteiger partial charge >= 0.3 is 5.97 Å². The average molecular weight is 454 g/mol. The van der Waals surface area contributed by atoms with Gasteiger partial charge in [-0.2, -0.15) is 0 Å². The van der Waals surface area contributed by atoms with Gasteiger partial charge in [0.2, 0.25) is 0 Å². The third-order valence-electron chi connectivity index (χ3n) is 4.38. The smallest absolute Gasteiger partial charge is 0.310 e. The lowest BCUT2D eigenvalue weighted by Gasteiger charge is -2.35. The van der Waals surface area contributed by atoms with Crippen molar-refractivity contribution in [1.29, 1.82) is 0 Å². The van der Waals surface area contributed by atoms with Crippen LogP contribution in [0, 0.1) is 5.92 Å². The van der Waals surface area contributed by atoms with Gasteiger partial charge in [-0.25, -0.2) is 0 Å². The minimum Gasteiger partial charge on any atom is -0.469 e. The Kier molecular flexibility index (Phi) is 13.4. The lowest BCUT2D eigenvalue weighted by molar-refractivity contribution is -0.144. The van der Waals surface area contributed by atoms with Crippen molar-refractivity contribution < 1.29 is 9.53 Å². The number of nitrogens with one attached hydrogen (secondary N) is 2. The van der Waals surface area contributed by atoms with E-state index in [-0.39, 0.29) is 35.9 Å². The van der Waals surface area contributed by atoms with Crippen molar-refractivity contribution in [3.63, 3.8) is 0 Å². The summed E-state index contributed by atoms with van der Waals surface area (Å²) in [6.07, 6.45) is 5.21. The summed E-state index contributed by atoms with van der Waals surface area (Å²) in [5.74, 6) is 0.332. The van der Waals surface area contributed by atoms with Crippen LogP contribution in [-0.4, -0.2) is 62.7 Å². The van der Waals surface area contributed by atoms with Gasteiger partial charge in [0, 0.05) is 25.7 Å². The van der Waals surface area contributed by atoms with Gasteiger partial charge in [0.25, 0.3) is 0 Å². The summed E-state index contributed by atoms with van der Waals surface area (Å²) in [6.45, 7) is 10.5. The third kappa shape index (κ3) is 8.50. The van der Waals surface area contributed by atoms with Crippen molar-refractivity contribution in [3.05, 3.63) is 0 Å². The first-order valence-corrected chi connectivity index (χ1v) is 8.96. The molecule has 0 aromatic carbocycles. The number of aliphatic imine (C=N–C) groups is 1. The van der Waals surface area contributed by atoms with E-state index in [2.05, 4.69) is 27.4 Å². The topological polar surface area (TPSA) is 66.0 Å². The molecule has 142 valence electrons. The fraction of sp³-hybridized carbons (Fsp3) is 0.882. The maximum atomic E-state index is 11.4. The number of carbonyl (C=O) groups excluding carboxylic acids is 1. The van der Waals surface area contributed by atoms with Crippen molar-refractivity contribution >= 4 is 35.9 Å². The fourth-order valence-electron chi connectivity index (χ4n) is 2.98. The van der Waals surface area contributed by atoms with Crippen LogP contribution in [0.15, 0.2) is 4.99 Å². The number of nitrogens with zero attached hydrogens (tertiary/aromatic N) is 2. The van der Waals surface area contributed by atoms with Gasteiger partial charge in [0.05, 0.1) is 19.6 Å². The minimum atomic E-state index is -0.220. The highest BCUT2D eigenvalue weighted by Gasteiger charge is 2.20. The van der Waals surface area contributed by atoms with E-state index in [4.69, 9.17) is 4.74 Å². The number of carbonyl (C=O) groups is 1. The molecular weight excluding hydrogens is 419 g/mol. The van der Waals surface area contributed by atoms with Gasteiger partial charge in [0.1, 0.15) is 0 Å². The highest BCUT2D eigenvalue weighted by molar-refractivity contribution is 14.0. The van der Waals surface area contributed by atoms with E-state index in [1.807, 2.05) is 13.8 Å². The predicted molar refractivity (Wildman–Crippen MR) is 110 cm³/mol. The molecule has 0 spiro atoms. The van der Waals surface area contributed by atoms with Crippen LogP contribution in [0.1, 0.15) is 46.5 Å². The van der Waals surface area contributed by atoms with Gasteiger partial charge in [-0.1, -0.05) is 20.3 Å². The molecule has 0 amide bonds. The molecule has 0 aromatic heterocycles. The number of hydrogen-bond donors (Lipinski definition) is 2. The number of rotatable bonds is 8. The summed E-state index contributed by atoms with van der Waals surface area (Å²) in [7, 11) is 1.41. The van der Waals surface area contributed by atoms with Crippen molar-refractivity contribution in [1.82, 2.24) is 15.5 Å². The molecule has 7 heteroatoms. The number of esters is 1. The molecule has 1 rings (SSSR count). The van der Waals surface area contributed by atoms with Crippen LogP contribution in [0.2, 0.25) is 0 Å². The molecule has 24 heavy (non-hydrogen) atoms. The molecule has 1 saturated heterocycles. The number of guanidine groups is 1. The Labute approximate surface area is 164 Å². The second-order valence-electron chi connectivity index (χ2n) is 6.16. The second-order valence-corrected chi connectivity index (χ2v) is 6.16. The number of piperidine rings is 1. The highest BCUT2D eigenvalue weighted by atomic mass is 127. The van der Waals surface area contributed by atoms with Crippen molar-refractivity contribution in [2.24, 2.45) is 10.9 Å². The molecule has 0 aliphatic carbocycles. The Balaban J connectivity index is 0.00000529. The first-order chi connectivity index (χ1) is 11.1. The molecule has 2 atom stereocenters. The summed E-state index contributed by atoms with van der Waals surface area (Å²) < 4.78 is 4.73. The zero-order chi connectivity index (χ0) is 17.1. The largest absolute Gasteiger partial charge is 0.469 e. The van der Waals surface area contributed by atoms with Gasteiger partial charge in [-0.3, -0.25) is 14.7 Å². The van der Waals surface area contributed by atoms with Crippen molar-refractivity contribution in [3.8, 4) is 0 Å². The molecule has 1 aliphatic heterocycles. The summed E-state index contributed by atoms with van der Waals surface area (Å²) in [5.41, 5.74) is 0. The van der Waals surface area contributed by atoms with Gasteiger partial charge < -0.3 is 15.4 Å². The molecule has 1 heterocycles. The van der Waals surface area contributed by atoms with Gasteiger partial charge in [-0.05, 0) is 32.7 Å². The van der Waals surface area contributed by atoms with Gasteiger partial charge in [0.15, 0.2) is 5.96 Å². The number of methoxy groups -OCH3 is 1. The van der Waals surface area contributed by atoms with Crippen LogP contribution >= 0.6 is 24.0 Å². The molecular formula is C17H35IN4O2. The van der Waals surface area contributed by atoms with Crippen LogP contribution in [-0.2, 0) is 9.53 Å². The summed E-state index contributed by atoms with van der Waals surface area (Å²) in [6, 6.07) is 0.726. The first kappa shape index (κ1) is 23.4. The van der Waals surface area contributed by atoms with Crippen LogP contribution in [0.4, 0.5) is 0 Å². The van der Waals surface area contributed by atoms with Crippen LogP contribution in [0.5, 0.6) is 0 Å². The SMILES string of the molecule is CCNC(=NCC(C)C(=O)OC)NCCN1CCCCC1CC.I. The van der Waals surface area contributed by atoms with E-state index < -0.39 is 0 Å². The third-order valence-corrected chi connectivity index (χ3v) is 4.38. The van der Waals surface area contributed by atoms with E-state index in [1.54, 1.807) is 0 Å². The number of halogens is 1. The maximum Gasteiger partial charge on any atom is 0.310 e. The quantitative estimate of drug-likeness (QED) is 0.255. The number of ether oxygens (including phenoxy) is 1. The van der Waals surface area contributed by atoms with Crippen LogP contribution in [0.25, 0.3) is 0 Å². The van der Waals surface area contributed by atoms with E-state index in [9.17, 15) is 4.79 Å². The minimum absolute atomic E-state index is 0. The Morgan fingerprint density at radius 3 is 2.71 bits per heavy atom. The standard InChI is InChI=1S/C17H34N4O2.HI/c1-5-15-9-7-8-11-21(15)12-10-19-17(18-6-2)20-13-14(3)16(22)23-4;/h14-15H,5-13H2,1-4H3,(H2,18,19,20);1H. The number of hydrogen-bond acceptors (Lipinski definition) is 4. The Morgan fingerprint density at radius 1 is 1.33 bits per heavy atom. The normalized spacial score (nSPS) is 20.0.